The normalized spacial score (nSPS) is 35.9. The molecule has 0 amide bonds. The van der Waals surface area contributed by atoms with Crippen molar-refractivity contribution in [1.82, 2.24) is 0 Å². The first-order valence-corrected chi connectivity index (χ1v) is 5.73. The molecule has 0 aromatic carbocycles. The van der Waals surface area contributed by atoms with Crippen molar-refractivity contribution in [3.05, 3.63) is 0 Å². The molecule has 0 bridgehead atoms. The molecule has 0 unspecified atom stereocenters. The molecule has 15 heavy (non-hydrogen) atoms. The fraction of sp³-hybridized carbons (Fsp3) is 0.909. The predicted octanol–water partition coefficient (Wildman–Crippen LogP) is 2.13. The summed E-state index contributed by atoms with van der Waals surface area (Å²) in [5, 5.41) is 8.60. The van der Waals surface area contributed by atoms with Crippen molar-refractivity contribution < 1.29 is 19.7 Å². The van der Waals surface area contributed by atoms with E-state index < -0.39 is 5.97 Å². The highest BCUT2D eigenvalue weighted by Gasteiger charge is 2.40. The zero-order valence-corrected chi connectivity index (χ0v) is 8.91. The fourth-order valence-corrected chi connectivity index (χ4v) is 2.59. The lowest BCUT2D eigenvalue weighted by molar-refractivity contribution is -0.315. The molecule has 86 valence electrons. The Morgan fingerprint density at radius 1 is 1.33 bits per heavy atom. The van der Waals surface area contributed by atoms with Crippen LogP contribution >= 0.6 is 0 Å². The van der Waals surface area contributed by atoms with Gasteiger partial charge in [0.1, 0.15) is 5.60 Å². The highest BCUT2D eigenvalue weighted by molar-refractivity contribution is 5.66. The summed E-state index contributed by atoms with van der Waals surface area (Å²) in [6, 6.07) is 0. The molecule has 1 saturated carbocycles. The van der Waals surface area contributed by atoms with E-state index in [1.807, 2.05) is 0 Å². The Morgan fingerprint density at radius 2 is 2.07 bits per heavy atom. The van der Waals surface area contributed by atoms with Crippen LogP contribution in [-0.4, -0.2) is 23.3 Å². The first-order valence-electron chi connectivity index (χ1n) is 5.73. The van der Waals surface area contributed by atoms with Crippen LogP contribution in [0.2, 0.25) is 0 Å². The second-order valence-electron chi connectivity index (χ2n) is 4.71. The average molecular weight is 214 g/mol. The highest BCUT2D eigenvalue weighted by atomic mass is 17.2. The van der Waals surface area contributed by atoms with Crippen LogP contribution in [0.25, 0.3) is 0 Å². The van der Waals surface area contributed by atoms with Crippen molar-refractivity contribution in [2.45, 2.75) is 50.5 Å². The molecule has 0 aromatic rings. The second kappa shape index (κ2) is 4.49. The van der Waals surface area contributed by atoms with Crippen molar-refractivity contribution in [1.29, 1.82) is 0 Å². The van der Waals surface area contributed by atoms with Crippen LogP contribution in [0.5, 0.6) is 0 Å². The van der Waals surface area contributed by atoms with E-state index in [0.717, 1.165) is 38.5 Å². The van der Waals surface area contributed by atoms with E-state index in [2.05, 4.69) is 0 Å². The summed E-state index contributed by atoms with van der Waals surface area (Å²) in [6.45, 7) is 0.708. The molecule has 2 rings (SSSR count). The monoisotopic (exact) mass is 214 g/mol. The van der Waals surface area contributed by atoms with Crippen molar-refractivity contribution >= 4 is 5.97 Å². The Morgan fingerprint density at radius 3 is 2.60 bits per heavy atom. The second-order valence-corrected chi connectivity index (χ2v) is 4.71. The molecular formula is C11H18O4. The van der Waals surface area contributed by atoms with Crippen LogP contribution < -0.4 is 0 Å². The molecule has 0 aromatic heterocycles. The lowest BCUT2D eigenvalue weighted by Crippen LogP contribution is -2.33. The minimum absolute atomic E-state index is 0.0281. The zero-order valence-electron chi connectivity index (χ0n) is 8.91. The standard InChI is InChI=1S/C11H18O4/c12-10(13)2-1-9-3-5-11(6-4-9)7-8-14-15-11/h9H,1-8H2,(H,12,13). The maximum atomic E-state index is 10.4. The summed E-state index contributed by atoms with van der Waals surface area (Å²) < 4.78 is 0. The van der Waals surface area contributed by atoms with Crippen LogP contribution in [0.15, 0.2) is 0 Å². The van der Waals surface area contributed by atoms with E-state index in [9.17, 15) is 4.79 Å². The SMILES string of the molecule is O=C(O)CCC1CCC2(CCOO2)CC1. The van der Waals surface area contributed by atoms with Crippen molar-refractivity contribution in [3.8, 4) is 0 Å². The lowest BCUT2D eigenvalue weighted by atomic mass is 9.76. The van der Waals surface area contributed by atoms with Gasteiger partial charge in [0.15, 0.2) is 0 Å². The molecular weight excluding hydrogens is 196 g/mol. The molecule has 2 fully saturated rings. The summed E-state index contributed by atoms with van der Waals surface area (Å²) in [5.41, 5.74) is -0.0281. The van der Waals surface area contributed by atoms with Crippen molar-refractivity contribution in [2.75, 3.05) is 6.61 Å². The number of rotatable bonds is 3. The zero-order chi connectivity index (χ0) is 10.7. The van der Waals surface area contributed by atoms with Gasteiger partial charge in [0.2, 0.25) is 0 Å². The average Bonchev–Trinajstić information content (AvgIpc) is 2.66. The van der Waals surface area contributed by atoms with Gasteiger partial charge in [-0.05, 0) is 38.0 Å². The molecule has 1 heterocycles. The van der Waals surface area contributed by atoms with E-state index >= 15 is 0 Å². The topological polar surface area (TPSA) is 55.8 Å². The van der Waals surface area contributed by atoms with Gasteiger partial charge in [0.25, 0.3) is 0 Å². The predicted molar refractivity (Wildman–Crippen MR) is 53.2 cm³/mol. The van der Waals surface area contributed by atoms with Gasteiger partial charge in [0.05, 0.1) is 6.61 Å². The number of carboxylic acids is 1. The largest absolute Gasteiger partial charge is 0.481 e. The van der Waals surface area contributed by atoms with Gasteiger partial charge in [0, 0.05) is 12.8 Å². The Labute approximate surface area is 89.5 Å². The van der Waals surface area contributed by atoms with Gasteiger partial charge < -0.3 is 5.11 Å². The summed E-state index contributed by atoms with van der Waals surface area (Å²) in [5.74, 6) is -0.119. The Hall–Kier alpha value is -0.610. The highest BCUT2D eigenvalue weighted by Crippen LogP contribution is 2.41. The summed E-state index contributed by atoms with van der Waals surface area (Å²) in [6.07, 6.45) is 6.32. The van der Waals surface area contributed by atoms with E-state index in [0.29, 0.717) is 18.9 Å². The summed E-state index contributed by atoms with van der Waals surface area (Å²) in [7, 11) is 0. The first-order chi connectivity index (χ1) is 7.20. The van der Waals surface area contributed by atoms with Gasteiger partial charge in [-0.25, -0.2) is 9.78 Å². The maximum Gasteiger partial charge on any atom is 0.303 e. The summed E-state index contributed by atoms with van der Waals surface area (Å²) >= 11 is 0. The van der Waals surface area contributed by atoms with Crippen LogP contribution in [0.1, 0.15) is 44.9 Å². The van der Waals surface area contributed by atoms with E-state index in [1.54, 1.807) is 0 Å². The minimum atomic E-state index is -0.685. The minimum Gasteiger partial charge on any atom is -0.481 e. The van der Waals surface area contributed by atoms with Crippen LogP contribution in [0.3, 0.4) is 0 Å². The fourth-order valence-electron chi connectivity index (χ4n) is 2.59. The number of aliphatic carboxylic acids is 1. The smallest absolute Gasteiger partial charge is 0.303 e. The molecule has 1 aliphatic carbocycles. The third kappa shape index (κ3) is 2.69. The van der Waals surface area contributed by atoms with Crippen molar-refractivity contribution in [3.63, 3.8) is 0 Å². The molecule has 0 atom stereocenters. The van der Waals surface area contributed by atoms with Crippen LogP contribution in [0.4, 0.5) is 0 Å². The quantitative estimate of drug-likeness (QED) is 0.731. The Kier molecular flexibility index (Phi) is 3.26. The third-order valence-electron chi connectivity index (χ3n) is 3.66. The van der Waals surface area contributed by atoms with Crippen LogP contribution in [0, 0.1) is 5.92 Å². The number of hydrogen-bond donors (Lipinski definition) is 1. The van der Waals surface area contributed by atoms with E-state index in [-0.39, 0.29) is 5.60 Å². The van der Waals surface area contributed by atoms with E-state index in [4.69, 9.17) is 14.9 Å². The van der Waals surface area contributed by atoms with Crippen LogP contribution in [-0.2, 0) is 14.6 Å². The lowest BCUT2D eigenvalue weighted by Gasteiger charge is -2.34. The number of carboxylic acid groups (broad SMARTS) is 1. The van der Waals surface area contributed by atoms with E-state index in [1.165, 1.54) is 0 Å². The number of hydrogen-bond acceptors (Lipinski definition) is 3. The van der Waals surface area contributed by atoms with Gasteiger partial charge in [-0.1, -0.05) is 0 Å². The Bertz CT molecular complexity index is 223. The molecule has 1 N–H and O–H groups in total. The van der Waals surface area contributed by atoms with Gasteiger partial charge in [-0.3, -0.25) is 4.79 Å². The molecule has 2 aliphatic rings. The third-order valence-corrected chi connectivity index (χ3v) is 3.66. The molecule has 1 aliphatic heterocycles. The molecule has 0 radical (unpaired) electrons. The Balaban J connectivity index is 1.74. The van der Waals surface area contributed by atoms with Gasteiger partial charge in [-0.15, -0.1) is 0 Å². The van der Waals surface area contributed by atoms with Gasteiger partial charge in [-0.2, -0.15) is 0 Å². The van der Waals surface area contributed by atoms with Crippen molar-refractivity contribution in [2.24, 2.45) is 5.92 Å². The summed E-state index contributed by atoms with van der Waals surface area (Å²) in [4.78, 5) is 20.8. The molecule has 4 heteroatoms. The number of carbonyl (C=O) groups is 1. The molecule has 1 saturated heterocycles. The molecule has 4 nitrogen and oxygen atoms in total. The first kappa shape index (κ1) is 10.9. The van der Waals surface area contributed by atoms with Gasteiger partial charge >= 0.3 is 5.97 Å². The molecule has 1 spiro atoms. The maximum absolute atomic E-state index is 10.4.